The van der Waals surface area contributed by atoms with E-state index in [-0.39, 0.29) is 5.41 Å². The van der Waals surface area contributed by atoms with Gasteiger partial charge in [-0.05, 0) is 13.8 Å². The maximum atomic E-state index is 5.41. The fourth-order valence-corrected chi connectivity index (χ4v) is 1.22. The van der Waals surface area contributed by atoms with Gasteiger partial charge in [0, 0.05) is 0 Å². The number of nitrogen functional groups attached to an aromatic ring is 1. The minimum Gasteiger partial charge on any atom is -0.374 e. The summed E-state index contributed by atoms with van der Waals surface area (Å²) in [4.78, 5) is 0. The van der Waals surface area contributed by atoms with Crippen LogP contribution in [0.25, 0.3) is 0 Å². The summed E-state index contributed by atoms with van der Waals surface area (Å²) in [5.74, 6) is 2.62. The fraction of sp³-hybridized carbons (Fsp3) is 0.429. The predicted molar refractivity (Wildman–Crippen MR) is 46.2 cm³/mol. The summed E-state index contributed by atoms with van der Waals surface area (Å²) in [6, 6.07) is 0. The lowest BCUT2D eigenvalue weighted by Gasteiger charge is -2.11. The maximum Gasteiger partial charge on any atom is 0.203 e. The monoisotopic (exact) mass is 167 g/mol. The van der Waals surface area contributed by atoms with Gasteiger partial charge in [0.2, 0.25) is 5.13 Å². The van der Waals surface area contributed by atoms with Crippen LogP contribution < -0.4 is 5.73 Å². The SMILES string of the molecule is C#CC(C)(C)c1nnc(N)s1. The largest absolute Gasteiger partial charge is 0.374 e. The molecule has 0 unspecified atom stereocenters. The maximum absolute atomic E-state index is 5.41. The third kappa shape index (κ3) is 1.49. The molecule has 4 heteroatoms. The molecule has 0 aromatic carbocycles. The van der Waals surface area contributed by atoms with Crippen molar-refractivity contribution in [3.8, 4) is 12.3 Å². The zero-order valence-electron chi connectivity index (χ0n) is 6.46. The summed E-state index contributed by atoms with van der Waals surface area (Å²) in [6.45, 7) is 3.82. The normalized spacial score (nSPS) is 11.0. The molecule has 11 heavy (non-hydrogen) atoms. The third-order valence-corrected chi connectivity index (χ3v) is 2.41. The van der Waals surface area contributed by atoms with Gasteiger partial charge < -0.3 is 5.73 Å². The number of terminal acetylenes is 1. The summed E-state index contributed by atoms with van der Waals surface area (Å²) in [5.41, 5.74) is 5.05. The van der Waals surface area contributed by atoms with Crippen molar-refractivity contribution in [2.45, 2.75) is 19.3 Å². The van der Waals surface area contributed by atoms with Gasteiger partial charge in [-0.1, -0.05) is 17.3 Å². The first-order valence-electron chi connectivity index (χ1n) is 3.13. The van der Waals surface area contributed by atoms with Crippen LogP contribution in [0.2, 0.25) is 0 Å². The van der Waals surface area contributed by atoms with Crippen molar-refractivity contribution in [1.82, 2.24) is 10.2 Å². The molecule has 1 heterocycles. The summed E-state index contributed by atoms with van der Waals surface area (Å²) >= 11 is 1.33. The van der Waals surface area contributed by atoms with Crippen LogP contribution >= 0.6 is 11.3 Å². The molecule has 0 bridgehead atoms. The second kappa shape index (κ2) is 2.51. The summed E-state index contributed by atoms with van der Waals surface area (Å²) in [5, 5.41) is 8.79. The summed E-state index contributed by atoms with van der Waals surface area (Å²) in [7, 11) is 0. The van der Waals surface area contributed by atoms with Gasteiger partial charge in [-0.15, -0.1) is 16.6 Å². The Morgan fingerprint density at radius 2 is 2.18 bits per heavy atom. The van der Waals surface area contributed by atoms with Gasteiger partial charge in [-0.3, -0.25) is 0 Å². The summed E-state index contributed by atoms with van der Waals surface area (Å²) in [6.07, 6.45) is 5.30. The van der Waals surface area contributed by atoms with E-state index >= 15 is 0 Å². The standard InChI is InChI=1S/C7H9N3S/c1-4-7(2,3)5-9-10-6(8)11-5/h1H,2-3H3,(H2,8,10). The number of aromatic nitrogens is 2. The van der Waals surface area contributed by atoms with Crippen molar-refractivity contribution >= 4 is 16.5 Å². The average molecular weight is 167 g/mol. The van der Waals surface area contributed by atoms with Gasteiger partial charge >= 0.3 is 0 Å². The van der Waals surface area contributed by atoms with E-state index in [4.69, 9.17) is 12.2 Å². The van der Waals surface area contributed by atoms with Crippen LogP contribution in [0.4, 0.5) is 5.13 Å². The second-order valence-electron chi connectivity index (χ2n) is 2.71. The van der Waals surface area contributed by atoms with E-state index in [1.54, 1.807) is 0 Å². The lowest BCUT2D eigenvalue weighted by molar-refractivity contribution is 0.680. The minimum absolute atomic E-state index is 0.352. The topological polar surface area (TPSA) is 51.8 Å². The lowest BCUT2D eigenvalue weighted by Crippen LogP contribution is -2.13. The van der Waals surface area contributed by atoms with E-state index in [0.717, 1.165) is 5.01 Å². The Morgan fingerprint density at radius 3 is 2.55 bits per heavy atom. The molecule has 3 nitrogen and oxygen atoms in total. The number of nitrogens with zero attached hydrogens (tertiary/aromatic N) is 2. The van der Waals surface area contributed by atoms with Crippen LogP contribution in [-0.4, -0.2) is 10.2 Å². The molecule has 0 amide bonds. The molecule has 0 aliphatic rings. The Labute approximate surface area is 69.6 Å². The van der Waals surface area contributed by atoms with Crippen molar-refractivity contribution in [3.05, 3.63) is 5.01 Å². The smallest absolute Gasteiger partial charge is 0.203 e. The third-order valence-electron chi connectivity index (χ3n) is 1.34. The molecule has 0 radical (unpaired) electrons. The fourth-order valence-electron chi connectivity index (χ4n) is 0.549. The molecule has 0 atom stereocenters. The predicted octanol–water partition coefficient (Wildman–Crippen LogP) is 1.03. The quantitative estimate of drug-likeness (QED) is 0.635. The van der Waals surface area contributed by atoms with Crippen molar-refractivity contribution in [2.75, 3.05) is 5.73 Å². The van der Waals surface area contributed by atoms with Crippen LogP contribution in [0.15, 0.2) is 0 Å². The van der Waals surface area contributed by atoms with Crippen LogP contribution in [0.1, 0.15) is 18.9 Å². The highest BCUT2D eigenvalue weighted by atomic mass is 32.1. The molecule has 0 aliphatic heterocycles. The first kappa shape index (κ1) is 8.02. The highest BCUT2D eigenvalue weighted by molar-refractivity contribution is 7.15. The molecule has 1 aromatic heterocycles. The van der Waals surface area contributed by atoms with Gasteiger partial charge in [0.05, 0.1) is 5.41 Å². The van der Waals surface area contributed by atoms with Gasteiger partial charge in [0.25, 0.3) is 0 Å². The number of nitrogens with two attached hydrogens (primary N) is 1. The zero-order chi connectivity index (χ0) is 8.48. The van der Waals surface area contributed by atoms with Crippen molar-refractivity contribution in [3.63, 3.8) is 0 Å². The first-order valence-corrected chi connectivity index (χ1v) is 3.95. The summed E-state index contributed by atoms with van der Waals surface area (Å²) < 4.78 is 0. The van der Waals surface area contributed by atoms with E-state index in [1.165, 1.54) is 11.3 Å². The van der Waals surface area contributed by atoms with Crippen LogP contribution in [0, 0.1) is 12.3 Å². The highest BCUT2D eigenvalue weighted by Gasteiger charge is 2.21. The molecule has 1 rings (SSSR count). The number of hydrogen-bond donors (Lipinski definition) is 1. The molecule has 2 N–H and O–H groups in total. The molecular formula is C7H9N3S. The average Bonchev–Trinajstić information content (AvgIpc) is 2.36. The molecule has 0 saturated heterocycles. The Morgan fingerprint density at radius 1 is 1.55 bits per heavy atom. The molecule has 0 saturated carbocycles. The Bertz CT molecular complexity index is 295. The van der Waals surface area contributed by atoms with E-state index < -0.39 is 0 Å². The number of anilines is 1. The Balaban J connectivity index is 3.04. The Kier molecular flexibility index (Phi) is 1.83. The Hall–Kier alpha value is -1.08. The number of rotatable bonds is 1. The zero-order valence-corrected chi connectivity index (χ0v) is 7.27. The van der Waals surface area contributed by atoms with Crippen LogP contribution in [0.5, 0.6) is 0 Å². The van der Waals surface area contributed by atoms with Crippen LogP contribution in [0.3, 0.4) is 0 Å². The van der Waals surface area contributed by atoms with Crippen molar-refractivity contribution in [1.29, 1.82) is 0 Å². The highest BCUT2D eigenvalue weighted by Crippen LogP contribution is 2.25. The van der Waals surface area contributed by atoms with E-state index in [0.29, 0.717) is 5.13 Å². The minimum atomic E-state index is -0.352. The van der Waals surface area contributed by atoms with Gasteiger partial charge in [0.15, 0.2) is 0 Å². The molecule has 0 aliphatic carbocycles. The molecule has 1 aromatic rings. The van der Waals surface area contributed by atoms with Gasteiger partial charge in [0.1, 0.15) is 5.01 Å². The van der Waals surface area contributed by atoms with Gasteiger partial charge in [-0.2, -0.15) is 0 Å². The van der Waals surface area contributed by atoms with E-state index in [2.05, 4.69) is 16.1 Å². The number of hydrogen-bond acceptors (Lipinski definition) is 4. The van der Waals surface area contributed by atoms with E-state index in [9.17, 15) is 0 Å². The molecular weight excluding hydrogens is 158 g/mol. The van der Waals surface area contributed by atoms with Crippen molar-refractivity contribution < 1.29 is 0 Å². The van der Waals surface area contributed by atoms with Crippen molar-refractivity contribution in [2.24, 2.45) is 0 Å². The first-order chi connectivity index (χ1) is 5.06. The second-order valence-corrected chi connectivity index (χ2v) is 3.72. The molecule has 0 fully saturated rings. The van der Waals surface area contributed by atoms with E-state index in [1.807, 2.05) is 13.8 Å². The van der Waals surface area contributed by atoms with Gasteiger partial charge in [-0.25, -0.2) is 0 Å². The lowest BCUT2D eigenvalue weighted by atomic mass is 9.96. The van der Waals surface area contributed by atoms with Crippen LogP contribution in [-0.2, 0) is 5.41 Å². The molecule has 58 valence electrons. The molecule has 0 spiro atoms.